The van der Waals surface area contributed by atoms with Crippen LogP contribution in [0.5, 0.6) is 0 Å². The van der Waals surface area contributed by atoms with Crippen molar-refractivity contribution in [2.45, 2.75) is 23.5 Å². The van der Waals surface area contributed by atoms with Crippen molar-refractivity contribution in [1.29, 1.82) is 0 Å². The molecule has 4 rings (SSSR count). The molecule has 3 N–H and O–H groups in total. The number of anilines is 3. The number of nitrogens with one attached hydrogen (secondary N) is 3. The van der Waals surface area contributed by atoms with Crippen LogP contribution in [0.25, 0.3) is 10.4 Å². The van der Waals surface area contributed by atoms with Gasteiger partial charge < -0.3 is 10.6 Å². The van der Waals surface area contributed by atoms with Crippen LogP contribution < -0.4 is 15.4 Å². The van der Waals surface area contributed by atoms with Gasteiger partial charge in [0.25, 0.3) is 10.0 Å². The summed E-state index contributed by atoms with van der Waals surface area (Å²) in [5.41, 5.74) is 2.36. The zero-order valence-corrected chi connectivity index (χ0v) is 22.6. The van der Waals surface area contributed by atoms with Crippen molar-refractivity contribution >= 4 is 60.4 Å². The Morgan fingerprint density at radius 1 is 1.11 bits per heavy atom. The van der Waals surface area contributed by atoms with Gasteiger partial charge in [-0.2, -0.15) is 0 Å². The summed E-state index contributed by atoms with van der Waals surface area (Å²) in [7, 11) is -3.38. The van der Waals surface area contributed by atoms with Crippen LogP contribution in [0.3, 0.4) is 0 Å². The van der Waals surface area contributed by atoms with E-state index in [1.54, 1.807) is 43.7 Å². The van der Waals surface area contributed by atoms with Gasteiger partial charge in [0.1, 0.15) is 5.82 Å². The first-order valence-corrected chi connectivity index (χ1v) is 14.7. The molecule has 0 fully saturated rings. The van der Waals surface area contributed by atoms with Crippen LogP contribution in [0.4, 0.5) is 16.6 Å². The van der Waals surface area contributed by atoms with Crippen LogP contribution in [0.2, 0.25) is 5.15 Å². The molecule has 1 atom stereocenters. The summed E-state index contributed by atoms with van der Waals surface area (Å²) in [6, 6.07) is 9.66. The fourth-order valence-corrected chi connectivity index (χ4v) is 5.88. The molecule has 0 aliphatic rings. The number of hydrogen-bond donors (Lipinski definition) is 3. The van der Waals surface area contributed by atoms with E-state index in [1.165, 1.54) is 29.7 Å². The molecular weight excluding hydrogens is 542 g/mol. The molecule has 0 amide bonds. The molecule has 0 spiro atoms. The number of hydrogen-bond acceptors (Lipinski definition) is 10. The Kier molecular flexibility index (Phi) is 7.83. The molecule has 10 nitrogen and oxygen atoms in total. The number of halogens is 1. The van der Waals surface area contributed by atoms with Gasteiger partial charge in [-0.15, -0.1) is 0 Å². The van der Waals surface area contributed by atoms with Crippen LogP contribution in [0, 0.1) is 6.92 Å². The number of aromatic nitrogens is 4. The van der Waals surface area contributed by atoms with Crippen LogP contribution in [0.1, 0.15) is 11.3 Å². The van der Waals surface area contributed by atoms with Gasteiger partial charge in [-0.3, -0.25) is 8.93 Å². The second-order valence-corrected chi connectivity index (χ2v) is 11.8. The fourth-order valence-electron chi connectivity index (χ4n) is 3.23. The van der Waals surface area contributed by atoms with E-state index in [2.05, 4.69) is 35.3 Å². The second-order valence-electron chi connectivity index (χ2n) is 7.50. The summed E-state index contributed by atoms with van der Waals surface area (Å²) < 4.78 is 39.7. The highest BCUT2D eigenvalue weighted by Gasteiger charge is 2.18. The largest absolute Gasteiger partial charge is 0.373 e. The second kappa shape index (κ2) is 10.9. The van der Waals surface area contributed by atoms with E-state index in [4.69, 9.17) is 11.6 Å². The Morgan fingerprint density at radius 2 is 1.86 bits per heavy atom. The maximum absolute atomic E-state index is 12.8. The maximum Gasteiger partial charge on any atom is 0.261 e. The van der Waals surface area contributed by atoms with E-state index in [-0.39, 0.29) is 20.9 Å². The van der Waals surface area contributed by atoms with Crippen molar-refractivity contribution < 1.29 is 12.6 Å². The molecular formula is C22H22ClN7O3S3. The predicted octanol–water partition coefficient (Wildman–Crippen LogP) is 4.15. The number of rotatable bonds is 9. The van der Waals surface area contributed by atoms with Crippen LogP contribution in [-0.2, 0) is 27.4 Å². The lowest BCUT2D eigenvalue weighted by Gasteiger charge is -2.10. The molecule has 0 unspecified atom stereocenters. The molecule has 36 heavy (non-hydrogen) atoms. The van der Waals surface area contributed by atoms with Crippen LogP contribution in [0.15, 0.2) is 58.8 Å². The number of aryl methyl sites for hydroxylation is 1. The SMILES string of the molecule is CNc1nc([S@@](C)=O)ncc1CNc1nc(C)c(-c2cnc(Cl)c(NS(=O)(=O)c3ccccc3)c2)s1. The molecule has 0 radical (unpaired) electrons. The molecule has 0 aliphatic heterocycles. The highest BCUT2D eigenvalue weighted by atomic mass is 35.5. The summed E-state index contributed by atoms with van der Waals surface area (Å²) in [6.07, 6.45) is 4.72. The van der Waals surface area contributed by atoms with E-state index >= 15 is 0 Å². The molecule has 3 heterocycles. The van der Waals surface area contributed by atoms with Crippen LogP contribution in [-0.4, -0.2) is 45.9 Å². The average molecular weight is 564 g/mol. The van der Waals surface area contributed by atoms with E-state index in [1.807, 2.05) is 6.92 Å². The molecule has 1 aromatic carbocycles. The fraction of sp³-hybridized carbons (Fsp3) is 0.182. The Morgan fingerprint density at radius 3 is 2.56 bits per heavy atom. The standard InChI is InChI=1S/C22H22ClN7O3S3/c1-13-18(34-21(28-13)26-11-15-12-27-22(35(3)31)29-20(15)24-2)14-9-17(19(23)25-10-14)30-36(32,33)16-7-5-4-6-8-16/h4-10,12,30H,11H2,1-3H3,(H,26,28)(H,24,27,29)/t35-/m1/s1. The number of nitrogens with zero attached hydrogens (tertiary/aromatic N) is 4. The van der Waals surface area contributed by atoms with Gasteiger partial charge in [-0.25, -0.2) is 28.4 Å². The van der Waals surface area contributed by atoms with E-state index < -0.39 is 20.8 Å². The van der Waals surface area contributed by atoms with E-state index in [9.17, 15) is 12.6 Å². The quantitative estimate of drug-likeness (QED) is 0.202. The summed E-state index contributed by atoms with van der Waals surface area (Å²) in [5.74, 6) is 0.577. The topological polar surface area (TPSA) is 139 Å². The van der Waals surface area contributed by atoms with Gasteiger partial charge in [0, 0.05) is 43.4 Å². The van der Waals surface area contributed by atoms with Crippen molar-refractivity contribution in [3.8, 4) is 10.4 Å². The van der Waals surface area contributed by atoms with Crippen molar-refractivity contribution in [1.82, 2.24) is 19.9 Å². The number of benzene rings is 1. The van der Waals surface area contributed by atoms with Gasteiger partial charge >= 0.3 is 0 Å². The zero-order valence-electron chi connectivity index (χ0n) is 19.4. The summed E-state index contributed by atoms with van der Waals surface area (Å²) in [6.45, 7) is 2.24. The van der Waals surface area contributed by atoms with Crippen LogP contribution >= 0.6 is 22.9 Å². The summed E-state index contributed by atoms with van der Waals surface area (Å²) >= 11 is 7.59. The summed E-state index contributed by atoms with van der Waals surface area (Å²) in [4.78, 5) is 18.1. The third-order valence-electron chi connectivity index (χ3n) is 4.96. The Hall–Kier alpha value is -3.13. The lowest BCUT2D eigenvalue weighted by Crippen LogP contribution is -2.13. The van der Waals surface area contributed by atoms with Crippen molar-refractivity contribution in [2.75, 3.05) is 28.7 Å². The van der Waals surface area contributed by atoms with Gasteiger partial charge in [0.2, 0.25) is 5.16 Å². The zero-order chi connectivity index (χ0) is 25.9. The highest BCUT2D eigenvalue weighted by molar-refractivity contribution is 7.92. The molecule has 188 valence electrons. The van der Waals surface area contributed by atoms with Crippen molar-refractivity contribution in [2.24, 2.45) is 0 Å². The maximum atomic E-state index is 12.8. The first-order valence-electron chi connectivity index (χ1n) is 10.5. The molecule has 0 saturated heterocycles. The minimum atomic E-state index is -3.83. The Balaban J connectivity index is 1.55. The molecule has 0 aliphatic carbocycles. The van der Waals surface area contributed by atoms with Crippen molar-refractivity contribution in [3.05, 3.63) is 65.2 Å². The third-order valence-corrected chi connectivity index (χ3v) is 8.52. The van der Waals surface area contributed by atoms with Gasteiger partial charge in [-0.1, -0.05) is 41.1 Å². The summed E-state index contributed by atoms with van der Waals surface area (Å²) in [5, 5.41) is 7.18. The van der Waals surface area contributed by atoms with Crippen molar-refractivity contribution in [3.63, 3.8) is 0 Å². The molecule has 3 aromatic heterocycles. The van der Waals surface area contributed by atoms with Gasteiger partial charge in [-0.05, 0) is 25.1 Å². The molecule has 14 heteroatoms. The first kappa shape index (κ1) is 25.9. The third kappa shape index (κ3) is 5.81. The molecule has 4 aromatic rings. The number of pyridine rings is 1. The lowest BCUT2D eigenvalue weighted by molar-refractivity contribution is 0.601. The molecule has 0 bridgehead atoms. The predicted molar refractivity (Wildman–Crippen MR) is 144 cm³/mol. The minimum absolute atomic E-state index is 0.0369. The lowest BCUT2D eigenvalue weighted by atomic mass is 10.2. The number of sulfonamides is 1. The smallest absolute Gasteiger partial charge is 0.261 e. The Bertz CT molecular complexity index is 1530. The monoisotopic (exact) mass is 563 g/mol. The normalized spacial score (nSPS) is 12.2. The number of thiazole rings is 1. The highest BCUT2D eigenvalue weighted by Crippen LogP contribution is 2.36. The van der Waals surface area contributed by atoms with Gasteiger partial charge in [0.15, 0.2) is 10.3 Å². The van der Waals surface area contributed by atoms with E-state index in [0.717, 1.165) is 16.1 Å². The Labute approximate surface area is 220 Å². The van der Waals surface area contributed by atoms with Gasteiger partial charge in [0.05, 0.1) is 32.0 Å². The average Bonchev–Trinajstić information content (AvgIpc) is 3.24. The first-order chi connectivity index (χ1) is 17.2. The minimum Gasteiger partial charge on any atom is -0.373 e. The molecule has 0 saturated carbocycles. The van der Waals surface area contributed by atoms with E-state index in [0.29, 0.717) is 23.1 Å².